The first kappa shape index (κ1) is 16.0. The number of nitrogens with zero attached hydrogens (tertiary/aromatic N) is 1. The fraction of sp³-hybridized carbons (Fsp3) is 0.706. The maximum Gasteiger partial charge on any atom is 0.261 e. The van der Waals surface area contributed by atoms with Gasteiger partial charge in [0.25, 0.3) is 5.91 Å². The van der Waals surface area contributed by atoms with Gasteiger partial charge in [-0.1, -0.05) is 13.8 Å². The zero-order chi connectivity index (χ0) is 15.5. The third-order valence-electron chi connectivity index (χ3n) is 4.73. The lowest BCUT2D eigenvalue weighted by molar-refractivity contribution is 0.00674. The number of nitrogens with one attached hydrogen (secondary N) is 1. The van der Waals surface area contributed by atoms with Gasteiger partial charge in [-0.3, -0.25) is 9.69 Å². The van der Waals surface area contributed by atoms with Crippen molar-refractivity contribution in [2.24, 2.45) is 5.92 Å². The molecule has 1 aliphatic heterocycles. The van der Waals surface area contributed by atoms with Gasteiger partial charge in [-0.05, 0) is 36.8 Å². The molecule has 2 aliphatic rings. The average molecular weight is 322 g/mol. The van der Waals surface area contributed by atoms with Crippen LogP contribution in [-0.2, 0) is 17.6 Å². The number of amides is 1. The third-order valence-corrected chi connectivity index (χ3v) is 5.96. The van der Waals surface area contributed by atoms with E-state index in [0.717, 1.165) is 50.6 Å². The lowest BCUT2D eigenvalue weighted by Crippen LogP contribution is -2.51. The van der Waals surface area contributed by atoms with Gasteiger partial charge in [-0.15, -0.1) is 11.3 Å². The summed E-state index contributed by atoms with van der Waals surface area (Å²) >= 11 is 1.68. The molecular formula is C17H26N2O2S. The fourth-order valence-electron chi connectivity index (χ4n) is 3.42. The third kappa shape index (κ3) is 3.53. The molecule has 1 aliphatic carbocycles. The predicted octanol–water partition coefficient (Wildman–Crippen LogP) is 2.32. The van der Waals surface area contributed by atoms with Crippen molar-refractivity contribution < 1.29 is 9.53 Å². The molecule has 1 amide bonds. The maximum atomic E-state index is 12.4. The molecule has 4 nitrogen and oxygen atoms in total. The van der Waals surface area contributed by atoms with Crippen molar-refractivity contribution in [2.45, 2.75) is 39.2 Å². The van der Waals surface area contributed by atoms with Gasteiger partial charge in [0, 0.05) is 30.6 Å². The van der Waals surface area contributed by atoms with Crippen LogP contribution in [0, 0.1) is 5.92 Å². The first-order chi connectivity index (χ1) is 10.6. The number of ether oxygens (including phenoxy) is 1. The Labute approximate surface area is 136 Å². The van der Waals surface area contributed by atoms with E-state index in [9.17, 15) is 4.79 Å². The van der Waals surface area contributed by atoms with E-state index in [2.05, 4.69) is 30.1 Å². The number of morpholine rings is 1. The second-order valence-corrected chi connectivity index (χ2v) is 7.72. The van der Waals surface area contributed by atoms with Crippen LogP contribution >= 0.6 is 11.3 Å². The van der Waals surface area contributed by atoms with Crippen LogP contribution in [0.3, 0.4) is 0 Å². The minimum absolute atomic E-state index is 0.0957. The first-order valence-electron chi connectivity index (χ1n) is 8.36. The van der Waals surface area contributed by atoms with E-state index in [4.69, 9.17) is 4.74 Å². The SMILES string of the molecule is CC(C)C(CNC(=O)c1cc2c(s1)CCC2)N1CCOCC1. The smallest absolute Gasteiger partial charge is 0.261 e. The largest absolute Gasteiger partial charge is 0.379 e. The second kappa shape index (κ2) is 7.11. The molecule has 1 unspecified atom stereocenters. The van der Waals surface area contributed by atoms with E-state index >= 15 is 0 Å². The normalized spacial score (nSPS) is 20.1. The number of hydrogen-bond donors (Lipinski definition) is 1. The summed E-state index contributed by atoms with van der Waals surface area (Å²) in [7, 11) is 0. The molecule has 122 valence electrons. The molecule has 0 aromatic carbocycles. The van der Waals surface area contributed by atoms with Crippen LogP contribution in [0.1, 0.15) is 40.4 Å². The number of carbonyl (C=O) groups is 1. The molecule has 1 saturated heterocycles. The van der Waals surface area contributed by atoms with Gasteiger partial charge in [-0.25, -0.2) is 0 Å². The Morgan fingerprint density at radius 1 is 1.36 bits per heavy atom. The summed E-state index contributed by atoms with van der Waals surface area (Å²) in [5.41, 5.74) is 1.39. The molecule has 22 heavy (non-hydrogen) atoms. The van der Waals surface area contributed by atoms with Crippen LogP contribution in [0.25, 0.3) is 0 Å². The lowest BCUT2D eigenvalue weighted by Gasteiger charge is -2.36. The fourth-order valence-corrected chi connectivity index (χ4v) is 4.59. The van der Waals surface area contributed by atoms with Crippen molar-refractivity contribution in [1.29, 1.82) is 0 Å². The van der Waals surface area contributed by atoms with Crippen molar-refractivity contribution in [3.8, 4) is 0 Å². The number of hydrogen-bond acceptors (Lipinski definition) is 4. The highest BCUT2D eigenvalue weighted by Crippen LogP contribution is 2.30. The van der Waals surface area contributed by atoms with Gasteiger partial charge < -0.3 is 10.1 Å². The monoisotopic (exact) mass is 322 g/mol. The summed E-state index contributed by atoms with van der Waals surface area (Å²) in [6.45, 7) is 8.71. The summed E-state index contributed by atoms with van der Waals surface area (Å²) in [5, 5.41) is 3.16. The van der Waals surface area contributed by atoms with Gasteiger partial charge in [0.15, 0.2) is 0 Å². The van der Waals surface area contributed by atoms with Gasteiger partial charge >= 0.3 is 0 Å². The highest BCUT2D eigenvalue weighted by Gasteiger charge is 2.25. The molecule has 2 heterocycles. The van der Waals surface area contributed by atoms with Gasteiger partial charge in [0.2, 0.25) is 0 Å². The minimum atomic E-state index is 0.0957. The standard InChI is InChI=1S/C17H26N2O2S/c1-12(2)14(19-6-8-21-9-7-19)11-18-17(20)16-10-13-4-3-5-15(13)22-16/h10,12,14H,3-9,11H2,1-2H3,(H,18,20). The van der Waals surface area contributed by atoms with E-state index in [1.165, 1.54) is 16.9 Å². The Kier molecular flexibility index (Phi) is 5.16. The van der Waals surface area contributed by atoms with Crippen LogP contribution in [-0.4, -0.2) is 49.7 Å². The van der Waals surface area contributed by atoms with Crippen molar-refractivity contribution in [3.63, 3.8) is 0 Å². The topological polar surface area (TPSA) is 41.6 Å². The molecule has 1 atom stereocenters. The highest BCUT2D eigenvalue weighted by molar-refractivity contribution is 7.14. The van der Waals surface area contributed by atoms with Crippen LogP contribution in [0.5, 0.6) is 0 Å². The van der Waals surface area contributed by atoms with Crippen LogP contribution in [0.15, 0.2) is 6.07 Å². The molecule has 0 saturated carbocycles. The quantitative estimate of drug-likeness (QED) is 0.904. The van der Waals surface area contributed by atoms with Crippen molar-refractivity contribution in [2.75, 3.05) is 32.8 Å². The second-order valence-electron chi connectivity index (χ2n) is 6.58. The predicted molar refractivity (Wildman–Crippen MR) is 89.7 cm³/mol. The average Bonchev–Trinajstić information content (AvgIpc) is 3.09. The summed E-state index contributed by atoms with van der Waals surface area (Å²) in [4.78, 5) is 17.2. The summed E-state index contributed by atoms with van der Waals surface area (Å²) in [6.07, 6.45) is 3.53. The van der Waals surface area contributed by atoms with E-state index in [-0.39, 0.29) is 5.91 Å². The van der Waals surface area contributed by atoms with E-state index in [0.29, 0.717) is 12.0 Å². The van der Waals surface area contributed by atoms with Crippen molar-refractivity contribution >= 4 is 17.2 Å². The number of rotatable bonds is 5. The molecule has 5 heteroatoms. The summed E-state index contributed by atoms with van der Waals surface area (Å²) < 4.78 is 5.43. The molecule has 1 aromatic heterocycles. The molecule has 1 aromatic rings. The summed E-state index contributed by atoms with van der Waals surface area (Å²) in [5.74, 6) is 0.616. The van der Waals surface area contributed by atoms with Gasteiger partial charge in [-0.2, -0.15) is 0 Å². The van der Waals surface area contributed by atoms with Gasteiger partial charge in [0.1, 0.15) is 0 Å². The van der Waals surface area contributed by atoms with Crippen LogP contribution in [0.4, 0.5) is 0 Å². The Morgan fingerprint density at radius 3 is 2.82 bits per heavy atom. The van der Waals surface area contributed by atoms with Crippen molar-refractivity contribution in [3.05, 3.63) is 21.4 Å². The lowest BCUT2D eigenvalue weighted by atomic mass is 10.0. The molecule has 0 radical (unpaired) electrons. The number of carbonyl (C=O) groups excluding carboxylic acids is 1. The van der Waals surface area contributed by atoms with E-state index in [1.54, 1.807) is 11.3 Å². The zero-order valence-electron chi connectivity index (χ0n) is 13.6. The Hall–Kier alpha value is -0.910. The number of thiophene rings is 1. The molecule has 0 bridgehead atoms. The Balaban J connectivity index is 1.57. The Morgan fingerprint density at radius 2 is 2.14 bits per heavy atom. The highest BCUT2D eigenvalue weighted by atomic mass is 32.1. The Bertz CT molecular complexity index is 499. The van der Waals surface area contributed by atoms with Crippen molar-refractivity contribution in [1.82, 2.24) is 10.2 Å². The van der Waals surface area contributed by atoms with Crippen LogP contribution in [0.2, 0.25) is 0 Å². The molecule has 3 rings (SSSR count). The van der Waals surface area contributed by atoms with E-state index < -0.39 is 0 Å². The molecule has 0 spiro atoms. The molecule has 1 fully saturated rings. The summed E-state index contributed by atoms with van der Waals surface area (Å²) in [6, 6.07) is 2.49. The molecular weight excluding hydrogens is 296 g/mol. The minimum Gasteiger partial charge on any atom is -0.379 e. The zero-order valence-corrected chi connectivity index (χ0v) is 14.4. The first-order valence-corrected chi connectivity index (χ1v) is 9.18. The van der Waals surface area contributed by atoms with E-state index in [1.807, 2.05) is 0 Å². The molecule has 1 N–H and O–H groups in total. The van der Waals surface area contributed by atoms with Crippen LogP contribution < -0.4 is 5.32 Å². The maximum absolute atomic E-state index is 12.4. The van der Waals surface area contributed by atoms with Gasteiger partial charge in [0.05, 0.1) is 18.1 Å². The number of fused-ring (bicyclic) bond motifs is 1. The number of aryl methyl sites for hydroxylation is 2.